The number of nitrogens with zero attached hydrogens (tertiary/aromatic N) is 5. The summed E-state index contributed by atoms with van der Waals surface area (Å²) in [4.78, 5) is 13.7. The average Bonchev–Trinajstić information content (AvgIpc) is 3.43. The van der Waals surface area contributed by atoms with E-state index in [1.807, 2.05) is 23.0 Å². The highest BCUT2D eigenvalue weighted by Gasteiger charge is 2.28. The molecule has 0 spiro atoms. The van der Waals surface area contributed by atoms with Crippen LogP contribution in [0.25, 0.3) is 11.2 Å². The minimum Gasteiger partial charge on any atom is -0.351 e. The molecule has 0 aromatic carbocycles. The van der Waals surface area contributed by atoms with Crippen LogP contribution in [0, 0.1) is 5.92 Å². The van der Waals surface area contributed by atoms with Gasteiger partial charge in [-0.25, -0.2) is 19.5 Å². The van der Waals surface area contributed by atoms with Gasteiger partial charge in [-0.1, -0.05) is 6.08 Å². The van der Waals surface area contributed by atoms with E-state index < -0.39 is 0 Å². The minimum atomic E-state index is 0.448. The van der Waals surface area contributed by atoms with Crippen LogP contribution in [0.2, 0.25) is 0 Å². The molecule has 0 unspecified atom stereocenters. The van der Waals surface area contributed by atoms with Gasteiger partial charge in [-0.05, 0) is 62.7 Å². The maximum absolute atomic E-state index is 4.85. The molecule has 0 bridgehead atoms. The van der Waals surface area contributed by atoms with Crippen LogP contribution < -0.4 is 5.32 Å². The zero-order chi connectivity index (χ0) is 17.5. The molecule has 6 nitrogen and oxygen atoms in total. The van der Waals surface area contributed by atoms with Gasteiger partial charge < -0.3 is 5.32 Å². The van der Waals surface area contributed by atoms with Crippen LogP contribution in [-0.4, -0.2) is 30.6 Å². The fourth-order valence-electron chi connectivity index (χ4n) is 3.70. The maximum atomic E-state index is 4.85. The van der Waals surface area contributed by atoms with Crippen LogP contribution in [0.15, 0.2) is 36.9 Å². The Kier molecular flexibility index (Phi) is 3.69. The summed E-state index contributed by atoms with van der Waals surface area (Å²) in [6.07, 6.45) is 13.7. The zero-order valence-corrected chi connectivity index (χ0v) is 14.9. The summed E-state index contributed by atoms with van der Waals surface area (Å²) in [6, 6.07) is 4.55. The highest BCUT2D eigenvalue weighted by atomic mass is 15.3. The number of allylic oxidation sites excluding steroid dienone is 1. The Hall–Kier alpha value is -2.76. The molecule has 5 rings (SSSR count). The van der Waals surface area contributed by atoms with Crippen molar-refractivity contribution in [3.63, 3.8) is 0 Å². The van der Waals surface area contributed by atoms with Crippen molar-refractivity contribution in [2.75, 3.05) is 5.32 Å². The number of hydrogen-bond acceptors (Lipinski definition) is 5. The summed E-state index contributed by atoms with van der Waals surface area (Å²) in [5.74, 6) is 1.54. The minimum absolute atomic E-state index is 0.448. The highest BCUT2D eigenvalue weighted by molar-refractivity contribution is 5.81. The lowest BCUT2D eigenvalue weighted by molar-refractivity contribution is 0.684. The molecule has 1 saturated carbocycles. The van der Waals surface area contributed by atoms with Crippen molar-refractivity contribution in [1.29, 1.82) is 0 Å². The molecule has 0 aliphatic heterocycles. The summed E-state index contributed by atoms with van der Waals surface area (Å²) in [7, 11) is 0. The van der Waals surface area contributed by atoms with E-state index >= 15 is 0 Å². The van der Waals surface area contributed by atoms with Gasteiger partial charge in [0.2, 0.25) is 5.95 Å². The van der Waals surface area contributed by atoms with Gasteiger partial charge in [0, 0.05) is 29.6 Å². The third-order valence-corrected chi connectivity index (χ3v) is 5.40. The van der Waals surface area contributed by atoms with Crippen molar-refractivity contribution >= 4 is 17.2 Å². The molecule has 3 heterocycles. The molecule has 6 heteroatoms. The predicted molar refractivity (Wildman–Crippen MR) is 101 cm³/mol. The van der Waals surface area contributed by atoms with Crippen molar-refractivity contribution in [3.05, 3.63) is 53.8 Å². The monoisotopic (exact) mass is 346 g/mol. The first-order chi connectivity index (χ1) is 12.8. The summed E-state index contributed by atoms with van der Waals surface area (Å²) in [5.41, 5.74) is 5.44. The molecule has 1 atom stereocenters. The van der Waals surface area contributed by atoms with Crippen molar-refractivity contribution in [2.24, 2.45) is 5.92 Å². The van der Waals surface area contributed by atoms with Crippen LogP contribution >= 0.6 is 0 Å². The number of hydrogen-bond donors (Lipinski definition) is 1. The summed E-state index contributed by atoms with van der Waals surface area (Å²) in [5, 5.41) is 7.75. The Morgan fingerprint density at radius 2 is 2.15 bits per heavy atom. The van der Waals surface area contributed by atoms with Crippen LogP contribution in [-0.2, 0) is 6.42 Å². The predicted octanol–water partition coefficient (Wildman–Crippen LogP) is 3.50. The SMILES string of the molecule is C[C@@H](Nc1ncc2c(n1)CCCC=C2c1ccc2ncnn2c1)C1CC1. The van der Waals surface area contributed by atoms with Gasteiger partial charge >= 0.3 is 0 Å². The molecule has 0 amide bonds. The zero-order valence-electron chi connectivity index (χ0n) is 14.9. The third-order valence-electron chi connectivity index (χ3n) is 5.40. The summed E-state index contributed by atoms with van der Waals surface area (Å²) in [6.45, 7) is 2.23. The van der Waals surface area contributed by atoms with E-state index in [1.54, 1.807) is 6.33 Å². The first-order valence-corrected chi connectivity index (χ1v) is 9.41. The molecule has 132 valence electrons. The Bertz CT molecular complexity index is 985. The van der Waals surface area contributed by atoms with Gasteiger partial charge in [-0.15, -0.1) is 0 Å². The largest absolute Gasteiger partial charge is 0.351 e. The first kappa shape index (κ1) is 15.5. The van der Waals surface area contributed by atoms with E-state index in [4.69, 9.17) is 4.98 Å². The van der Waals surface area contributed by atoms with Gasteiger partial charge in [0.15, 0.2) is 5.65 Å². The number of rotatable bonds is 4. The quantitative estimate of drug-likeness (QED) is 0.783. The van der Waals surface area contributed by atoms with E-state index in [2.05, 4.69) is 39.4 Å². The fraction of sp³-hybridized carbons (Fsp3) is 0.400. The second kappa shape index (κ2) is 6.20. The summed E-state index contributed by atoms with van der Waals surface area (Å²) < 4.78 is 1.81. The van der Waals surface area contributed by atoms with Crippen molar-refractivity contribution in [2.45, 2.75) is 45.1 Å². The van der Waals surface area contributed by atoms with Crippen LogP contribution in [0.5, 0.6) is 0 Å². The number of aromatic nitrogens is 5. The molecule has 0 saturated heterocycles. The van der Waals surface area contributed by atoms with Crippen LogP contribution in [0.4, 0.5) is 5.95 Å². The van der Waals surface area contributed by atoms with E-state index in [1.165, 1.54) is 18.4 Å². The number of pyridine rings is 1. The first-order valence-electron chi connectivity index (χ1n) is 9.41. The fourth-order valence-corrected chi connectivity index (χ4v) is 3.70. The Morgan fingerprint density at radius 3 is 3.04 bits per heavy atom. The van der Waals surface area contributed by atoms with Gasteiger partial charge in [-0.2, -0.15) is 5.10 Å². The molecule has 1 N–H and O–H groups in total. The van der Waals surface area contributed by atoms with E-state index in [0.717, 1.165) is 53.6 Å². The van der Waals surface area contributed by atoms with Crippen LogP contribution in [0.1, 0.15) is 49.4 Å². The standard InChI is InChI=1S/C20H22N6/c1-13(14-6-7-14)24-20-21-10-17-16(4-2-3-5-18(17)25-20)15-8-9-19-22-12-23-26(19)11-15/h4,8-14H,2-3,5-7H2,1H3,(H,21,24,25)/t13-/m1/s1. The molecule has 1 fully saturated rings. The maximum Gasteiger partial charge on any atom is 0.223 e. The molecule has 2 aliphatic rings. The Labute approximate surface area is 152 Å². The molecular weight excluding hydrogens is 324 g/mol. The molecule has 3 aromatic heterocycles. The third kappa shape index (κ3) is 2.85. The van der Waals surface area contributed by atoms with E-state index in [9.17, 15) is 0 Å². The van der Waals surface area contributed by atoms with Crippen molar-refractivity contribution < 1.29 is 0 Å². The van der Waals surface area contributed by atoms with E-state index in [0.29, 0.717) is 6.04 Å². The molecule has 26 heavy (non-hydrogen) atoms. The molecule has 2 aliphatic carbocycles. The van der Waals surface area contributed by atoms with Crippen molar-refractivity contribution in [1.82, 2.24) is 24.6 Å². The van der Waals surface area contributed by atoms with Gasteiger partial charge in [0.05, 0.1) is 5.69 Å². The number of fused-ring (bicyclic) bond motifs is 2. The molecule has 3 aromatic rings. The van der Waals surface area contributed by atoms with Gasteiger partial charge in [0.1, 0.15) is 6.33 Å². The van der Waals surface area contributed by atoms with Crippen molar-refractivity contribution in [3.8, 4) is 0 Å². The Morgan fingerprint density at radius 1 is 1.23 bits per heavy atom. The average molecular weight is 346 g/mol. The Balaban J connectivity index is 1.50. The van der Waals surface area contributed by atoms with Gasteiger partial charge in [-0.3, -0.25) is 0 Å². The molecule has 0 radical (unpaired) electrons. The number of aryl methyl sites for hydroxylation is 1. The lowest BCUT2D eigenvalue weighted by Gasteiger charge is -2.15. The van der Waals surface area contributed by atoms with E-state index in [-0.39, 0.29) is 0 Å². The highest BCUT2D eigenvalue weighted by Crippen LogP contribution is 2.34. The van der Waals surface area contributed by atoms with Gasteiger partial charge in [0.25, 0.3) is 0 Å². The lowest BCUT2D eigenvalue weighted by Crippen LogP contribution is -2.19. The number of nitrogens with one attached hydrogen (secondary N) is 1. The second-order valence-electron chi connectivity index (χ2n) is 7.32. The summed E-state index contributed by atoms with van der Waals surface area (Å²) >= 11 is 0. The normalized spacial score (nSPS) is 18.1. The second-order valence-corrected chi connectivity index (χ2v) is 7.32. The topological polar surface area (TPSA) is 68.0 Å². The lowest BCUT2D eigenvalue weighted by atomic mass is 9.99. The van der Waals surface area contributed by atoms with Crippen LogP contribution in [0.3, 0.4) is 0 Å². The number of anilines is 1. The molecular formula is C20H22N6. The smallest absolute Gasteiger partial charge is 0.223 e.